The average molecular weight is 429 g/mol. The van der Waals surface area contributed by atoms with Gasteiger partial charge in [0.05, 0.1) is 4.90 Å². The third kappa shape index (κ3) is 5.08. The van der Waals surface area contributed by atoms with E-state index < -0.39 is 9.84 Å². The van der Waals surface area contributed by atoms with Crippen LogP contribution in [0.2, 0.25) is 0 Å². The molecule has 0 aliphatic carbocycles. The van der Waals surface area contributed by atoms with Crippen molar-refractivity contribution < 1.29 is 18.0 Å². The largest absolute Gasteiger partial charge is 0.341 e. The molecule has 0 aromatic heterocycles. The number of nitrogens with zero attached hydrogens (tertiary/aromatic N) is 2. The van der Waals surface area contributed by atoms with Crippen LogP contribution in [-0.2, 0) is 14.6 Å². The first-order valence-electron chi connectivity index (χ1n) is 10.1. The van der Waals surface area contributed by atoms with E-state index in [1.165, 1.54) is 17.0 Å². The Balaban J connectivity index is 1.98. The third-order valence-electron chi connectivity index (χ3n) is 5.46. The first kappa shape index (κ1) is 22.0. The number of rotatable bonds is 5. The number of hydrogen-bond donors (Lipinski definition) is 0. The summed E-state index contributed by atoms with van der Waals surface area (Å²) >= 11 is 0. The van der Waals surface area contributed by atoms with Crippen LogP contribution >= 0.6 is 0 Å². The van der Waals surface area contributed by atoms with Gasteiger partial charge in [-0.1, -0.05) is 23.8 Å². The molecule has 1 aliphatic heterocycles. The Hall–Kier alpha value is -2.67. The van der Waals surface area contributed by atoms with E-state index in [0.29, 0.717) is 24.3 Å². The lowest BCUT2D eigenvalue weighted by molar-refractivity contribution is -0.130. The molecule has 0 N–H and O–H groups in total. The highest BCUT2D eigenvalue weighted by Gasteiger charge is 2.26. The highest BCUT2D eigenvalue weighted by Crippen LogP contribution is 2.23. The molecule has 1 saturated heterocycles. The van der Waals surface area contributed by atoms with Gasteiger partial charge in [0.1, 0.15) is 6.54 Å². The van der Waals surface area contributed by atoms with Gasteiger partial charge in [0.25, 0.3) is 5.91 Å². The molecule has 6 nitrogen and oxygen atoms in total. The predicted octanol–water partition coefficient (Wildman–Crippen LogP) is 3.37. The van der Waals surface area contributed by atoms with Crippen molar-refractivity contribution in [3.63, 3.8) is 0 Å². The number of hydrogen-bond acceptors (Lipinski definition) is 4. The highest BCUT2D eigenvalue weighted by atomic mass is 32.2. The van der Waals surface area contributed by atoms with Gasteiger partial charge in [-0.05, 0) is 62.9 Å². The van der Waals surface area contributed by atoms with E-state index in [1.807, 2.05) is 31.2 Å². The Kier molecular flexibility index (Phi) is 6.61. The first-order valence-corrected chi connectivity index (χ1v) is 12.0. The van der Waals surface area contributed by atoms with Crippen LogP contribution in [0, 0.1) is 13.8 Å². The summed E-state index contributed by atoms with van der Waals surface area (Å²) in [5.41, 5.74) is 2.60. The van der Waals surface area contributed by atoms with E-state index in [4.69, 9.17) is 0 Å². The van der Waals surface area contributed by atoms with Crippen molar-refractivity contribution in [1.82, 2.24) is 4.90 Å². The number of carbonyl (C=O) groups excluding carboxylic acids is 2. The molecule has 2 aromatic carbocycles. The fraction of sp³-hybridized carbons (Fsp3) is 0.391. The molecule has 0 radical (unpaired) electrons. The van der Waals surface area contributed by atoms with E-state index in [2.05, 4.69) is 0 Å². The van der Waals surface area contributed by atoms with Gasteiger partial charge in [-0.2, -0.15) is 0 Å². The summed E-state index contributed by atoms with van der Waals surface area (Å²) in [5.74, 6) is -0.479. The van der Waals surface area contributed by atoms with E-state index in [0.717, 1.165) is 31.1 Å². The van der Waals surface area contributed by atoms with Gasteiger partial charge in [0.2, 0.25) is 5.91 Å². The lowest BCUT2D eigenvalue weighted by atomic mass is 10.1. The minimum Gasteiger partial charge on any atom is -0.341 e. The Bertz CT molecular complexity index is 1040. The molecule has 0 bridgehead atoms. The highest BCUT2D eigenvalue weighted by molar-refractivity contribution is 7.90. The van der Waals surface area contributed by atoms with Crippen LogP contribution in [0.25, 0.3) is 0 Å². The van der Waals surface area contributed by atoms with Crippen molar-refractivity contribution in [2.24, 2.45) is 0 Å². The Morgan fingerprint density at radius 1 is 0.967 bits per heavy atom. The summed E-state index contributed by atoms with van der Waals surface area (Å²) in [6.45, 7) is 5.05. The minimum atomic E-state index is -3.46. The normalized spacial score (nSPS) is 14.4. The van der Waals surface area contributed by atoms with Crippen LogP contribution in [0.5, 0.6) is 0 Å². The summed E-state index contributed by atoms with van der Waals surface area (Å²) in [4.78, 5) is 29.8. The van der Waals surface area contributed by atoms with Gasteiger partial charge in [0.15, 0.2) is 9.84 Å². The number of amides is 2. The van der Waals surface area contributed by atoms with E-state index in [9.17, 15) is 18.0 Å². The van der Waals surface area contributed by atoms with Crippen molar-refractivity contribution in [1.29, 1.82) is 0 Å². The predicted molar refractivity (Wildman–Crippen MR) is 118 cm³/mol. The van der Waals surface area contributed by atoms with Crippen molar-refractivity contribution in [2.45, 2.75) is 38.0 Å². The molecule has 160 valence electrons. The Morgan fingerprint density at radius 3 is 2.20 bits per heavy atom. The molecule has 3 rings (SSSR count). The Morgan fingerprint density at radius 2 is 1.60 bits per heavy atom. The van der Waals surface area contributed by atoms with Crippen LogP contribution in [-0.4, -0.2) is 51.0 Å². The van der Waals surface area contributed by atoms with Crippen LogP contribution in [0.3, 0.4) is 0 Å². The monoisotopic (exact) mass is 428 g/mol. The zero-order chi connectivity index (χ0) is 21.9. The zero-order valence-corrected chi connectivity index (χ0v) is 18.5. The molecule has 0 saturated carbocycles. The maximum Gasteiger partial charge on any atom is 0.259 e. The molecule has 2 aromatic rings. The molecule has 30 heavy (non-hydrogen) atoms. The first-order chi connectivity index (χ1) is 14.2. The van der Waals surface area contributed by atoms with Gasteiger partial charge in [-0.25, -0.2) is 8.42 Å². The number of benzene rings is 2. The number of aryl methyl sites for hydroxylation is 2. The standard InChI is InChI=1S/C23H28N2O4S/c1-17-7-10-19(11-8-17)25(16-22(26)24-13-5-4-6-14-24)23(27)21-15-20(30(3,28)29)12-9-18(21)2/h7-12,15H,4-6,13-14,16H2,1-3H3. The van der Waals surface area contributed by atoms with Crippen LogP contribution in [0.15, 0.2) is 47.4 Å². The van der Waals surface area contributed by atoms with Crippen molar-refractivity contribution >= 4 is 27.3 Å². The molecule has 2 amide bonds. The second-order valence-corrected chi connectivity index (χ2v) is 9.93. The number of piperidine rings is 1. The SMILES string of the molecule is Cc1ccc(N(CC(=O)N2CCCCC2)C(=O)c2cc(S(C)(=O)=O)ccc2C)cc1. The summed E-state index contributed by atoms with van der Waals surface area (Å²) in [6, 6.07) is 11.9. The quantitative estimate of drug-likeness (QED) is 0.732. The van der Waals surface area contributed by atoms with Crippen LogP contribution in [0.1, 0.15) is 40.7 Å². The lowest BCUT2D eigenvalue weighted by Gasteiger charge is -2.30. The van der Waals surface area contributed by atoms with Gasteiger partial charge in [0, 0.05) is 30.6 Å². The minimum absolute atomic E-state index is 0.0789. The topological polar surface area (TPSA) is 74.8 Å². The second kappa shape index (κ2) is 9.00. The van der Waals surface area contributed by atoms with E-state index in [-0.39, 0.29) is 28.8 Å². The van der Waals surface area contributed by atoms with Crippen molar-refractivity contribution in [3.8, 4) is 0 Å². The fourth-order valence-electron chi connectivity index (χ4n) is 3.59. The summed E-state index contributed by atoms with van der Waals surface area (Å²) in [7, 11) is -3.46. The molecule has 0 spiro atoms. The third-order valence-corrected chi connectivity index (χ3v) is 6.57. The summed E-state index contributed by atoms with van der Waals surface area (Å²) in [5, 5.41) is 0. The smallest absolute Gasteiger partial charge is 0.259 e. The number of carbonyl (C=O) groups is 2. The molecular formula is C23H28N2O4S. The maximum atomic E-state index is 13.5. The molecule has 7 heteroatoms. The van der Waals surface area contributed by atoms with Gasteiger partial charge < -0.3 is 4.90 Å². The maximum absolute atomic E-state index is 13.5. The number of anilines is 1. The Labute approximate surface area is 178 Å². The van der Waals surface area contributed by atoms with Gasteiger partial charge in [-0.15, -0.1) is 0 Å². The van der Waals surface area contributed by atoms with Crippen LogP contribution in [0.4, 0.5) is 5.69 Å². The molecule has 1 fully saturated rings. The number of sulfone groups is 1. The lowest BCUT2D eigenvalue weighted by Crippen LogP contribution is -2.45. The second-order valence-electron chi connectivity index (χ2n) is 7.92. The summed E-state index contributed by atoms with van der Waals surface area (Å²) < 4.78 is 24.0. The molecule has 0 unspecified atom stereocenters. The molecular weight excluding hydrogens is 400 g/mol. The van der Waals surface area contributed by atoms with Crippen molar-refractivity contribution in [2.75, 3.05) is 30.8 Å². The van der Waals surface area contributed by atoms with E-state index >= 15 is 0 Å². The van der Waals surface area contributed by atoms with Crippen molar-refractivity contribution in [3.05, 3.63) is 59.2 Å². The zero-order valence-electron chi connectivity index (χ0n) is 17.7. The molecule has 0 atom stereocenters. The average Bonchev–Trinajstić information content (AvgIpc) is 2.72. The molecule has 1 aliphatic rings. The fourth-order valence-corrected chi connectivity index (χ4v) is 4.24. The van der Waals surface area contributed by atoms with Gasteiger partial charge >= 0.3 is 0 Å². The summed E-state index contributed by atoms with van der Waals surface area (Å²) in [6.07, 6.45) is 4.17. The van der Waals surface area contributed by atoms with E-state index in [1.54, 1.807) is 17.9 Å². The molecule has 1 heterocycles. The van der Waals surface area contributed by atoms with Gasteiger partial charge in [-0.3, -0.25) is 14.5 Å². The van der Waals surface area contributed by atoms with Crippen LogP contribution < -0.4 is 4.90 Å². The number of likely N-dealkylation sites (tertiary alicyclic amines) is 1.